The number of benzene rings is 3. The Kier molecular flexibility index (Phi) is 6.98. The second-order valence-electron chi connectivity index (χ2n) is 9.25. The molecule has 0 saturated carbocycles. The molecule has 0 fully saturated rings. The number of aryl methyl sites for hydroxylation is 2. The van der Waals surface area contributed by atoms with Gasteiger partial charge in [0.25, 0.3) is 15.9 Å². The lowest BCUT2D eigenvalue weighted by molar-refractivity contribution is -0.123. The Morgan fingerprint density at radius 1 is 0.909 bits per heavy atom. The maximum absolute atomic E-state index is 13.6. The molecule has 1 amide bonds. The Morgan fingerprint density at radius 3 is 2.09 bits per heavy atom. The van der Waals surface area contributed by atoms with Crippen LogP contribution in [-0.2, 0) is 20.2 Å². The highest BCUT2D eigenvalue weighted by Gasteiger charge is 2.35. The van der Waals surface area contributed by atoms with Gasteiger partial charge in [-0.25, -0.2) is 8.42 Å². The Labute approximate surface area is 197 Å². The van der Waals surface area contributed by atoms with Gasteiger partial charge in [-0.15, -0.1) is 0 Å². The van der Waals surface area contributed by atoms with Gasteiger partial charge >= 0.3 is 0 Å². The predicted octanol–water partition coefficient (Wildman–Crippen LogP) is 5.79. The fourth-order valence-electron chi connectivity index (χ4n) is 3.46. The molecule has 0 saturated heterocycles. The van der Waals surface area contributed by atoms with Crippen LogP contribution in [0.4, 0.5) is 5.69 Å². The van der Waals surface area contributed by atoms with Crippen LogP contribution in [0, 0.1) is 13.8 Å². The van der Waals surface area contributed by atoms with Crippen molar-refractivity contribution in [3.8, 4) is 5.75 Å². The van der Waals surface area contributed by atoms with E-state index in [1.54, 1.807) is 50.2 Å². The molecule has 5 nitrogen and oxygen atoms in total. The first kappa shape index (κ1) is 24.5. The Morgan fingerprint density at radius 2 is 1.52 bits per heavy atom. The number of carbonyl (C=O) groups excluding carboxylic acids is 1. The lowest BCUT2D eigenvalue weighted by Gasteiger charge is -2.27. The quantitative estimate of drug-likeness (QED) is 0.462. The van der Waals surface area contributed by atoms with Crippen molar-refractivity contribution in [3.63, 3.8) is 0 Å². The van der Waals surface area contributed by atoms with E-state index in [0.29, 0.717) is 17.0 Å². The summed E-state index contributed by atoms with van der Waals surface area (Å²) < 4.78 is 34.0. The summed E-state index contributed by atoms with van der Waals surface area (Å²) in [4.78, 5) is 13.6. The molecule has 0 aliphatic heterocycles. The van der Waals surface area contributed by atoms with Crippen molar-refractivity contribution in [2.75, 3.05) is 4.31 Å². The zero-order valence-corrected chi connectivity index (χ0v) is 20.8. The third-order valence-electron chi connectivity index (χ3n) is 5.45. The van der Waals surface area contributed by atoms with Crippen molar-refractivity contribution in [1.29, 1.82) is 0 Å². The Hall–Kier alpha value is -3.12. The molecular weight excluding hydrogens is 434 g/mol. The van der Waals surface area contributed by atoms with Gasteiger partial charge in [0.15, 0.2) is 6.10 Å². The fraction of sp³-hybridized carbons (Fsp3) is 0.296. The summed E-state index contributed by atoms with van der Waals surface area (Å²) in [7, 11) is -4.15. The van der Waals surface area contributed by atoms with E-state index in [1.165, 1.54) is 12.1 Å². The molecule has 0 bridgehead atoms. The van der Waals surface area contributed by atoms with Gasteiger partial charge in [0.1, 0.15) is 5.75 Å². The molecule has 0 heterocycles. The summed E-state index contributed by atoms with van der Waals surface area (Å²) in [5, 5.41) is 0. The predicted molar refractivity (Wildman–Crippen MR) is 132 cm³/mol. The maximum Gasteiger partial charge on any atom is 0.281 e. The molecule has 3 aromatic carbocycles. The van der Waals surface area contributed by atoms with Gasteiger partial charge < -0.3 is 4.74 Å². The summed E-state index contributed by atoms with van der Waals surface area (Å²) in [6, 6.07) is 20.9. The molecule has 0 aliphatic rings. The average molecular weight is 466 g/mol. The number of nitrogens with zero attached hydrogens (tertiary/aromatic N) is 1. The van der Waals surface area contributed by atoms with Crippen LogP contribution in [0.2, 0.25) is 0 Å². The summed E-state index contributed by atoms with van der Waals surface area (Å²) >= 11 is 0. The van der Waals surface area contributed by atoms with Crippen LogP contribution in [0.3, 0.4) is 0 Å². The van der Waals surface area contributed by atoms with Crippen LogP contribution in [0.1, 0.15) is 44.4 Å². The Balaban J connectivity index is 2.00. The number of ether oxygens (including phenoxy) is 1. The highest BCUT2D eigenvalue weighted by molar-refractivity contribution is 7.93. The van der Waals surface area contributed by atoms with Crippen molar-refractivity contribution >= 4 is 21.6 Å². The van der Waals surface area contributed by atoms with Crippen molar-refractivity contribution in [1.82, 2.24) is 0 Å². The number of rotatable bonds is 6. The van der Waals surface area contributed by atoms with Crippen LogP contribution in [0.25, 0.3) is 0 Å². The van der Waals surface area contributed by atoms with Gasteiger partial charge in [0, 0.05) is 0 Å². The van der Waals surface area contributed by atoms with Crippen LogP contribution < -0.4 is 9.04 Å². The molecule has 3 aromatic rings. The minimum atomic E-state index is -4.15. The van der Waals surface area contributed by atoms with Gasteiger partial charge in [0.2, 0.25) is 0 Å². The van der Waals surface area contributed by atoms with Crippen LogP contribution >= 0.6 is 0 Å². The monoisotopic (exact) mass is 465 g/mol. The van der Waals surface area contributed by atoms with Crippen LogP contribution in [-0.4, -0.2) is 20.4 Å². The normalized spacial score (nSPS) is 12.8. The molecule has 3 rings (SSSR count). The summed E-state index contributed by atoms with van der Waals surface area (Å²) in [6.45, 7) is 11.6. The first-order valence-corrected chi connectivity index (χ1v) is 12.3. The van der Waals surface area contributed by atoms with E-state index in [2.05, 4.69) is 20.8 Å². The number of sulfonamides is 1. The van der Waals surface area contributed by atoms with E-state index in [4.69, 9.17) is 4.74 Å². The van der Waals surface area contributed by atoms with Gasteiger partial charge in [0.05, 0.1) is 10.6 Å². The topological polar surface area (TPSA) is 63.7 Å². The van der Waals surface area contributed by atoms with E-state index >= 15 is 0 Å². The molecule has 6 heteroatoms. The van der Waals surface area contributed by atoms with Crippen LogP contribution in [0.15, 0.2) is 77.7 Å². The number of hydrogen-bond acceptors (Lipinski definition) is 4. The minimum Gasteiger partial charge on any atom is -0.481 e. The third-order valence-corrected chi connectivity index (χ3v) is 7.17. The van der Waals surface area contributed by atoms with Gasteiger partial charge in [-0.05, 0) is 73.2 Å². The zero-order chi connectivity index (χ0) is 24.4. The van der Waals surface area contributed by atoms with Crippen molar-refractivity contribution in [2.24, 2.45) is 0 Å². The molecule has 1 atom stereocenters. The van der Waals surface area contributed by atoms with Crippen molar-refractivity contribution in [2.45, 2.75) is 58.0 Å². The smallest absolute Gasteiger partial charge is 0.281 e. The summed E-state index contributed by atoms with van der Waals surface area (Å²) in [6.07, 6.45) is -1.02. The number of carbonyl (C=O) groups is 1. The van der Waals surface area contributed by atoms with E-state index in [1.807, 2.05) is 31.2 Å². The number of hydrogen-bond donors (Lipinski definition) is 0. The Bertz CT molecular complexity index is 1230. The molecule has 0 radical (unpaired) electrons. The molecule has 33 heavy (non-hydrogen) atoms. The zero-order valence-electron chi connectivity index (χ0n) is 20.0. The van der Waals surface area contributed by atoms with E-state index < -0.39 is 22.0 Å². The average Bonchev–Trinajstić information content (AvgIpc) is 2.76. The molecule has 0 aromatic heterocycles. The number of anilines is 1. The standard InChI is InChI=1S/C27H31NO4S/c1-19-12-13-20(2)25(18-19)28(33(30,31)24-10-8-7-9-11-24)26(29)21(3)32-23-16-14-22(15-17-23)27(4,5)6/h7-18,21H,1-6H3. The van der Waals surface area contributed by atoms with Gasteiger partial charge in [-0.2, -0.15) is 4.31 Å². The third kappa shape index (κ3) is 5.45. The summed E-state index contributed by atoms with van der Waals surface area (Å²) in [5.74, 6) is -0.158. The second kappa shape index (κ2) is 9.40. The van der Waals surface area contributed by atoms with Crippen molar-refractivity contribution in [3.05, 3.63) is 89.5 Å². The molecule has 0 N–H and O–H groups in total. The van der Waals surface area contributed by atoms with Gasteiger partial charge in [-0.1, -0.05) is 63.2 Å². The molecule has 1 unspecified atom stereocenters. The SMILES string of the molecule is Cc1ccc(C)c(N(C(=O)C(C)Oc2ccc(C(C)(C)C)cc2)S(=O)(=O)c2ccccc2)c1. The highest BCUT2D eigenvalue weighted by atomic mass is 32.2. The highest BCUT2D eigenvalue weighted by Crippen LogP contribution is 2.30. The maximum atomic E-state index is 13.6. The van der Waals surface area contributed by atoms with E-state index in [-0.39, 0.29) is 10.3 Å². The summed E-state index contributed by atoms with van der Waals surface area (Å²) in [5.41, 5.74) is 2.97. The fourth-order valence-corrected chi connectivity index (χ4v) is 5.01. The van der Waals surface area contributed by atoms with Gasteiger partial charge in [-0.3, -0.25) is 4.79 Å². The second-order valence-corrected chi connectivity index (χ2v) is 11.0. The lowest BCUT2D eigenvalue weighted by Crippen LogP contribution is -2.44. The first-order chi connectivity index (χ1) is 15.4. The molecular formula is C27H31NO4S. The molecule has 0 spiro atoms. The first-order valence-electron chi connectivity index (χ1n) is 10.9. The van der Waals surface area contributed by atoms with E-state index in [0.717, 1.165) is 15.4 Å². The lowest BCUT2D eigenvalue weighted by atomic mass is 9.87. The molecule has 0 aliphatic carbocycles. The van der Waals surface area contributed by atoms with Crippen molar-refractivity contribution < 1.29 is 17.9 Å². The van der Waals surface area contributed by atoms with Crippen LogP contribution in [0.5, 0.6) is 5.75 Å². The van der Waals surface area contributed by atoms with E-state index in [9.17, 15) is 13.2 Å². The minimum absolute atomic E-state index is 0.0107. The molecule has 174 valence electrons. The number of amides is 1. The largest absolute Gasteiger partial charge is 0.481 e.